The van der Waals surface area contributed by atoms with E-state index < -0.39 is 6.04 Å². The molecule has 1 aromatic carbocycles. The maximum absolute atomic E-state index is 12.3. The molecule has 0 spiro atoms. The number of hydrogen-bond donors (Lipinski definition) is 2. The zero-order valence-corrected chi connectivity index (χ0v) is 12.0. The Morgan fingerprint density at radius 3 is 3.00 bits per heavy atom. The summed E-state index contributed by atoms with van der Waals surface area (Å²) in [5.74, 6) is 5.27. The quantitative estimate of drug-likeness (QED) is 0.843. The van der Waals surface area contributed by atoms with E-state index in [2.05, 4.69) is 22.3 Å². The largest absolute Gasteiger partial charge is 0.384 e. The molecule has 1 aromatic heterocycles. The van der Waals surface area contributed by atoms with Gasteiger partial charge in [0.1, 0.15) is 12.6 Å². The molecule has 5 heteroatoms. The van der Waals surface area contributed by atoms with Crippen molar-refractivity contribution in [2.75, 3.05) is 11.9 Å². The number of amides is 1. The topological polar surface area (TPSA) is 67.2 Å². The summed E-state index contributed by atoms with van der Waals surface area (Å²) in [5.41, 5.74) is 2.35. The molecule has 0 aliphatic heterocycles. The minimum absolute atomic E-state index is 0.172. The molecule has 1 amide bonds. The van der Waals surface area contributed by atoms with Gasteiger partial charge < -0.3 is 10.4 Å². The summed E-state index contributed by atoms with van der Waals surface area (Å²) in [7, 11) is 0. The van der Waals surface area contributed by atoms with E-state index in [1.54, 1.807) is 30.1 Å². The van der Waals surface area contributed by atoms with Gasteiger partial charge in [0.05, 0.1) is 5.69 Å². The molecule has 21 heavy (non-hydrogen) atoms. The van der Waals surface area contributed by atoms with Crippen LogP contribution in [0.4, 0.5) is 5.69 Å². The van der Waals surface area contributed by atoms with E-state index in [0.717, 1.165) is 5.56 Å². The second-order valence-corrected chi connectivity index (χ2v) is 4.66. The standard InChI is InChI=1S/C16H17N3O2/c1-12-6-7-15(14(11-12)5-3-10-20)18-16(21)13(2)19-9-4-8-17-19/h4,6-9,11,13,20H,10H2,1-2H3,(H,18,21). The third kappa shape index (κ3) is 3.71. The molecule has 0 saturated heterocycles. The minimum Gasteiger partial charge on any atom is -0.384 e. The van der Waals surface area contributed by atoms with Gasteiger partial charge in [0.25, 0.3) is 0 Å². The minimum atomic E-state index is -0.417. The van der Waals surface area contributed by atoms with Crippen molar-refractivity contribution < 1.29 is 9.90 Å². The molecule has 2 rings (SSSR count). The molecule has 1 atom stereocenters. The Bertz CT molecular complexity index is 681. The molecule has 2 aromatic rings. The predicted molar refractivity (Wildman–Crippen MR) is 80.7 cm³/mol. The number of aliphatic hydroxyl groups is 1. The highest BCUT2D eigenvalue weighted by Crippen LogP contribution is 2.18. The number of carbonyl (C=O) groups excluding carboxylic acids is 1. The Morgan fingerprint density at radius 2 is 2.33 bits per heavy atom. The van der Waals surface area contributed by atoms with E-state index in [4.69, 9.17) is 5.11 Å². The number of aliphatic hydroxyl groups excluding tert-OH is 1. The molecule has 5 nitrogen and oxygen atoms in total. The Balaban J connectivity index is 2.21. The second kappa shape index (κ2) is 6.73. The van der Waals surface area contributed by atoms with Gasteiger partial charge in [-0.2, -0.15) is 5.10 Å². The van der Waals surface area contributed by atoms with Gasteiger partial charge in [0, 0.05) is 18.0 Å². The lowest BCUT2D eigenvalue weighted by Crippen LogP contribution is -2.24. The summed E-state index contributed by atoms with van der Waals surface area (Å²) < 4.78 is 1.59. The molecule has 1 unspecified atom stereocenters. The number of carbonyl (C=O) groups is 1. The number of aryl methyl sites for hydroxylation is 1. The monoisotopic (exact) mass is 283 g/mol. The normalized spacial score (nSPS) is 11.4. The Morgan fingerprint density at radius 1 is 1.52 bits per heavy atom. The van der Waals surface area contributed by atoms with Crippen LogP contribution in [0.2, 0.25) is 0 Å². The molecular formula is C16H17N3O2. The number of hydrogen-bond acceptors (Lipinski definition) is 3. The van der Waals surface area contributed by atoms with Gasteiger partial charge in [0.2, 0.25) is 5.91 Å². The van der Waals surface area contributed by atoms with Crippen molar-refractivity contribution in [3.63, 3.8) is 0 Å². The van der Waals surface area contributed by atoms with E-state index in [0.29, 0.717) is 11.3 Å². The molecular weight excluding hydrogens is 266 g/mol. The lowest BCUT2D eigenvalue weighted by atomic mass is 10.1. The van der Waals surface area contributed by atoms with E-state index >= 15 is 0 Å². The maximum atomic E-state index is 12.3. The molecule has 0 radical (unpaired) electrons. The van der Waals surface area contributed by atoms with Crippen molar-refractivity contribution in [1.82, 2.24) is 9.78 Å². The predicted octanol–water partition coefficient (Wildman–Crippen LogP) is 1.74. The van der Waals surface area contributed by atoms with Crippen LogP contribution in [0.1, 0.15) is 24.1 Å². The first-order chi connectivity index (χ1) is 10.1. The summed E-state index contributed by atoms with van der Waals surface area (Å²) in [6.07, 6.45) is 3.37. The molecule has 0 fully saturated rings. The molecule has 108 valence electrons. The summed E-state index contributed by atoms with van der Waals surface area (Å²) in [4.78, 5) is 12.3. The highest BCUT2D eigenvalue weighted by atomic mass is 16.2. The van der Waals surface area contributed by atoms with Crippen LogP contribution in [-0.2, 0) is 4.79 Å². The smallest absolute Gasteiger partial charge is 0.248 e. The first kappa shape index (κ1) is 14.8. The van der Waals surface area contributed by atoms with Crippen LogP contribution in [0, 0.1) is 18.8 Å². The fraction of sp³-hybridized carbons (Fsp3) is 0.250. The Hall–Kier alpha value is -2.58. The van der Waals surface area contributed by atoms with E-state index in [1.807, 2.05) is 25.1 Å². The van der Waals surface area contributed by atoms with Crippen molar-refractivity contribution in [3.05, 3.63) is 47.8 Å². The zero-order valence-electron chi connectivity index (χ0n) is 12.0. The second-order valence-electron chi connectivity index (χ2n) is 4.66. The van der Waals surface area contributed by atoms with Crippen LogP contribution < -0.4 is 5.32 Å². The van der Waals surface area contributed by atoms with Crippen molar-refractivity contribution >= 4 is 11.6 Å². The Kier molecular flexibility index (Phi) is 4.75. The molecule has 0 bridgehead atoms. The van der Waals surface area contributed by atoms with Crippen molar-refractivity contribution in [2.45, 2.75) is 19.9 Å². The van der Waals surface area contributed by atoms with Crippen LogP contribution in [-0.4, -0.2) is 27.4 Å². The number of nitrogens with one attached hydrogen (secondary N) is 1. The van der Waals surface area contributed by atoms with Crippen LogP contribution in [0.5, 0.6) is 0 Å². The summed E-state index contributed by atoms with van der Waals surface area (Å²) >= 11 is 0. The number of nitrogens with zero attached hydrogens (tertiary/aromatic N) is 2. The van der Waals surface area contributed by atoms with Gasteiger partial charge >= 0.3 is 0 Å². The van der Waals surface area contributed by atoms with Gasteiger partial charge in [-0.3, -0.25) is 9.48 Å². The van der Waals surface area contributed by atoms with Crippen molar-refractivity contribution in [3.8, 4) is 11.8 Å². The van der Waals surface area contributed by atoms with Crippen LogP contribution in [0.15, 0.2) is 36.7 Å². The highest BCUT2D eigenvalue weighted by molar-refractivity contribution is 5.94. The summed E-state index contributed by atoms with van der Waals surface area (Å²) in [6, 6.07) is 6.94. The first-order valence-corrected chi connectivity index (χ1v) is 6.62. The number of benzene rings is 1. The van der Waals surface area contributed by atoms with Gasteiger partial charge in [-0.05, 0) is 37.6 Å². The lowest BCUT2D eigenvalue weighted by molar-refractivity contribution is -0.119. The number of aromatic nitrogens is 2. The van der Waals surface area contributed by atoms with Crippen LogP contribution in [0.25, 0.3) is 0 Å². The van der Waals surface area contributed by atoms with Crippen LogP contribution in [0.3, 0.4) is 0 Å². The van der Waals surface area contributed by atoms with Gasteiger partial charge in [-0.15, -0.1) is 0 Å². The average molecular weight is 283 g/mol. The van der Waals surface area contributed by atoms with Gasteiger partial charge in [-0.25, -0.2) is 0 Å². The van der Waals surface area contributed by atoms with E-state index in [9.17, 15) is 4.79 Å². The SMILES string of the molecule is Cc1ccc(NC(=O)C(C)n2cccn2)c(C#CCO)c1. The molecule has 1 heterocycles. The first-order valence-electron chi connectivity index (χ1n) is 6.62. The van der Waals surface area contributed by atoms with Crippen molar-refractivity contribution in [1.29, 1.82) is 0 Å². The number of rotatable bonds is 3. The maximum Gasteiger partial charge on any atom is 0.248 e. The van der Waals surface area contributed by atoms with Gasteiger partial charge in [0.15, 0.2) is 0 Å². The van der Waals surface area contributed by atoms with E-state index in [1.165, 1.54) is 0 Å². The fourth-order valence-electron chi connectivity index (χ4n) is 1.87. The van der Waals surface area contributed by atoms with Gasteiger partial charge in [-0.1, -0.05) is 17.9 Å². The van der Waals surface area contributed by atoms with E-state index in [-0.39, 0.29) is 12.5 Å². The molecule has 0 aliphatic carbocycles. The lowest BCUT2D eigenvalue weighted by Gasteiger charge is -2.14. The molecule has 2 N–H and O–H groups in total. The number of anilines is 1. The summed E-state index contributed by atoms with van der Waals surface area (Å²) in [6.45, 7) is 3.50. The molecule has 0 saturated carbocycles. The average Bonchev–Trinajstić information content (AvgIpc) is 3.00. The third-order valence-corrected chi connectivity index (χ3v) is 3.04. The molecule has 0 aliphatic rings. The third-order valence-electron chi connectivity index (χ3n) is 3.04. The Labute approximate surface area is 123 Å². The van der Waals surface area contributed by atoms with Crippen LogP contribution >= 0.6 is 0 Å². The highest BCUT2D eigenvalue weighted by Gasteiger charge is 2.16. The zero-order chi connectivity index (χ0) is 15.2. The fourth-order valence-corrected chi connectivity index (χ4v) is 1.87. The summed E-state index contributed by atoms with van der Waals surface area (Å²) in [5, 5.41) is 15.7. The van der Waals surface area contributed by atoms with Crippen molar-refractivity contribution in [2.24, 2.45) is 0 Å².